The summed E-state index contributed by atoms with van der Waals surface area (Å²) in [5.74, 6) is -0.790. The van der Waals surface area contributed by atoms with Crippen LogP contribution in [0.4, 0.5) is 18.9 Å². The van der Waals surface area contributed by atoms with Gasteiger partial charge in [-0.2, -0.15) is 13.2 Å². The largest absolute Gasteiger partial charge is 0.406 e. The lowest BCUT2D eigenvalue weighted by Gasteiger charge is -2.17. The number of hydrogen-bond acceptors (Lipinski definition) is 2. The van der Waals surface area contributed by atoms with Gasteiger partial charge in [0, 0.05) is 12.7 Å². The van der Waals surface area contributed by atoms with Gasteiger partial charge < -0.3 is 16.0 Å². The molecule has 130 valence electrons. The van der Waals surface area contributed by atoms with E-state index >= 15 is 0 Å². The van der Waals surface area contributed by atoms with Crippen molar-refractivity contribution in [1.82, 2.24) is 4.90 Å². The number of carbonyl (C=O) groups is 1. The van der Waals surface area contributed by atoms with Gasteiger partial charge in [-0.1, -0.05) is 19.1 Å². The van der Waals surface area contributed by atoms with E-state index in [1.54, 1.807) is 12.1 Å². The van der Waals surface area contributed by atoms with Gasteiger partial charge in [-0.25, -0.2) is 4.99 Å². The van der Waals surface area contributed by atoms with Gasteiger partial charge in [0.05, 0.1) is 0 Å². The summed E-state index contributed by atoms with van der Waals surface area (Å²) in [6.45, 7) is 0.271. The minimum Gasteiger partial charge on any atom is -0.370 e. The minimum atomic E-state index is -4.43. The predicted molar refractivity (Wildman–Crippen MR) is 95.0 cm³/mol. The van der Waals surface area contributed by atoms with Gasteiger partial charge in [-0.05, 0) is 24.1 Å². The highest BCUT2D eigenvalue weighted by Gasteiger charge is 2.30. The van der Waals surface area contributed by atoms with E-state index in [1.165, 1.54) is 0 Å². The van der Waals surface area contributed by atoms with Crippen molar-refractivity contribution in [2.75, 3.05) is 25.5 Å². The van der Waals surface area contributed by atoms with Gasteiger partial charge in [0.1, 0.15) is 13.1 Å². The summed E-state index contributed by atoms with van der Waals surface area (Å²) < 4.78 is 36.4. The fourth-order valence-corrected chi connectivity index (χ4v) is 1.64. The molecular weight excluding hydrogens is 424 g/mol. The summed E-state index contributed by atoms with van der Waals surface area (Å²) >= 11 is 0. The molecule has 0 fully saturated rings. The lowest BCUT2D eigenvalue weighted by atomic mass is 10.1. The van der Waals surface area contributed by atoms with E-state index < -0.39 is 25.2 Å². The number of benzene rings is 1. The van der Waals surface area contributed by atoms with Crippen LogP contribution in [0.3, 0.4) is 0 Å². The summed E-state index contributed by atoms with van der Waals surface area (Å²) in [7, 11) is 1.07. The van der Waals surface area contributed by atoms with E-state index in [-0.39, 0.29) is 29.9 Å². The van der Waals surface area contributed by atoms with Crippen molar-refractivity contribution >= 4 is 41.5 Å². The van der Waals surface area contributed by atoms with Crippen molar-refractivity contribution in [3.63, 3.8) is 0 Å². The second-order valence-electron chi connectivity index (χ2n) is 4.74. The first-order valence-electron chi connectivity index (χ1n) is 6.68. The zero-order valence-corrected chi connectivity index (χ0v) is 15.2. The Morgan fingerprint density at radius 3 is 2.35 bits per heavy atom. The normalized spacial score (nSPS) is 11.6. The molecule has 0 bridgehead atoms. The van der Waals surface area contributed by atoms with E-state index in [0.29, 0.717) is 10.6 Å². The molecule has 0 atom stereocenters. The predicted octanol–water partition coefficient (Wildman–Crippen LogP) is 2.61. The fraction of sp³-hybridized carbons (Fsp3) is 0.429. The van der Waals surface area contributed by atoms with Crippen LogP contribution in [0.2, 0.25) is 0 Å². The van der Waals surface area contributed by atoms with E-state index in [9.17, 15) is 18.0 Å². The van der Waals surface area contributed by atoms with Crippen LogP contribution in [-0.4, -0.2) is 43.1 Å². The second-order valence-corrected chi connectivity index (χ2v) is 4.74. The zero-order chi connectivity index (χ0) is 16.8. The molecule has 0 aromatic heterocycles. The molecule has 0 saturated carbocycles. The molecule has 1 aromatic rings. The van der Waals surface area contributed by atoms with Crippen LogP contribution in [0.15, 0.2) is 29.3 Å². The number of guanidine groups is 1. The summed E-state index contributed by atoms with van der Waals surface area (Å²) in [5.41, 5.74) is 7.44. The number of aliphatic imine (C=N–C) groups is 1. The molecule has 0 aliphatic rings. The SMILES string of the molecule is CCc1ccc(NC(N)=NCC(=O)N(C)CC(F)(F)F)cc1.I. The summed E-state index contributed by atoms with van der Waals surface area (Å²) in [6, 6.07) is 7.44. The highest BCUT2D eigenvalue weighted by atomic mass is 127. The van der Waals surface area contributed by atoms with Crippen LogP contribution in [0.5, 0.6) is 0 Å². The molecule has 0 radical (unpaired) electrons. The molecule has 0 spiro atoms. The third-order valence-electron chi connectivity index (χ3n) is 2.86. The van der Waals surface area contributed by atoms with Crippen LogP contribution < -0.4 is 11.1 Å². The number of alkyl halides is 3. The van der Waals surface area contributed by atoms with E-state index in [4.69, 9.17) is 5.73 Å². The molecule has 23 heavy (non-hydrogen) atoms. The average Bonchev–Trinajstić information content (AvgIpc) is 2.43. The maximum atomic E-state index is 12.1. The van der Waals surface area contributed by atoms with E-state index in [0.717, 1.165) is 19.0 Å². The summed E-state index contributed by atoms with van der Waals surface area (Å²) in [4.78, 5) is 15.8. The number of anilines is 1. The maximum Gasteiger partial charge on any atom is 0.406 e. The standard InChI is InChI=1S/C14H19F3N4O.HI/c1-3-10-4-6-11(7-5-10)20-13(18)19-8-12(22)21(2)9-14(15,16)17;/h4-7H,3,8-9H2,1-2H3,(H3,18,19,20);1H. The summed E-state index contributed by atoms with van der Waals surface area (Å²) in [6.07, 6.45) is -3.52. The monoisotopic (exact) mass is 444 g/mol. The maximum absolute atomic E-state index is 12.1. The highest BCUT2D eigenvalue weighted by molar-refractivity contribution is 14.0. The number of hydrogen-bond donors (Lipinski definition) is 2. The Kier molecular flexibility index (Phi) is 8.95. The van der Waals surface area contributed by atoms with Gasteiger partial charge in [0.25, 0.3) is 0 Å². The molecular formula is C14H20F3IN4O. The number of halogens is 4. The van der Waals surface area contributed by atoms with Gasteiger partial charge >= 0.3 is 6.18 Å². The molecule has 9 heteroatoms. The quantitative estimate of drug-likeness (QED) is 0.417. The molecule has 0 saturated heterocycles. The molecule has 3 N–H and O–H groups in total. The van der Waals surface area contributed by atoms with Gasteiger partial charge in [-0.15, -0.1) is 24.0 Å². The Morgan fingerprint density at radius 1 is 1.30 bits per heavy atom. The zero-order valence-electron chi connectivity index (χ0n) is 12.9. The highest BCUT2D eigenvalue weighted by Crippen LogP contribution is 2.15. The van der Waals surface area contributed by atoms with E-state index in [1.807, 2.05) is 19.1 Å². The third-order valence-corrected chi connectivity index (χ3v) is 2.86. The molecule has 0 aliphatic heterocycles. The number of amides is 1. The Balaban J connectivity index is 0.00000484. The molecule has 1 amide bonds. The first-order valence-corrected chi connectivity index (χ1v) is 6.68. The van der Waals surface area contributed by atoms with Gasteiger partial charge in [-0.3, -0.25) is 4.79 Å². The van der Waals surface area contributed by atoms with Crippen LogP contribution in [-0.2, 0) is 11.2 Å². The number of likely N-dealkylation sites (N-methyl/N-ethyl adjacent to an activating group) is 1. The average molecular weight is 444 g/mol. The van der Waals surface area contributed by atoms with Crippen molar-refractivity contribution in [1.29, 1.82) is 0 Å². The van der Waals surface area contributed by atoms with Crippen molar-refractivity contribution in [3.05, 3.63) is 29.8 Å². The van der Waals surface area contributed by atoms with Crippen molar-refractivity contribution < 1.29 is 18.0 Å². The Labute approximate surface area is 150 Å². The second kappa shape index (κ2) is 9.58. The first kappa shape index (κ1) is 21.5. The number of aryl methyl sites for hydroxylation is 1. The number of nitrogens with two attached hydrogens (primary N) is 1. The van der Waals surface area contributed by atoms with Crippen LogP contribution in [0, 0.1) is 0 Å². The number of nitrogens with one attached hydrogen (secondary N) is 1. The van der Waals surface area contributed by atoms with Crippen LogP contribution in [0.1, 0.15) is 12.5 Å². The topological polar surface area (TPSA) is 70.7 Å². The minimum absolute atomic E-state index is 0. The van der Waals surface area contributed by atoms with Crippen molar-refractivity contribution in [2.24, 2.45) is 10.7 Å². The Hall–Kier alpha value is -1.52. The first-order chi connectivity index (χ1) is 10.2. The third kappa shape index (κ3) is 8.62. The van der Waals surface area contributed by atoms with Crippen LogP contribution in [0.25, 0.3) is 0 Å². The smallest absolute Gasteiger partial charge is 0.370 e. The Bertz CT molecular complexity index is 532. The summed E-state index contributed by atoms with van der Waals surface area (Å²) in [5, 5.41) is 2.77. The van der Waals surface area contributed by atoms with Crippen molar-refractivity contribution in [2.45, 2.75) is 19.5 Å². The number of carbonyl (C=O) groups excluding carboxylic acids is 1. The lowest BCUT2D eigenvalue weighted by Crippen LogP contribution is -2.37. The molecule has 1 rings (SSSR count). The lowest BCUT2D eigenvalue weighted by molar-refractivity contribution is -0.157. The molecule has 0 aliphatic carbocycles. The van der Waals surface area contributed by atoms with E-state index in [2.05, 4.69) is 10.3 Å². The molecule has 0 heterocycles. The number of rotatable bonds is 5. The van der Waals surface area contributed by atoms with Gasteiger partial charge in [0.2, 0.25) is 5.91 Å². The number of nitrogens with zero attached hydrogens (tertiary/aromatic N) is 2. The van der Waals surface area contributed by atoms with Crippen LogP contribution >= 0.6 is 24.0 Å². The molecule has 0 unspecified atom stereocenters. The molecule has 1 aromatic carbocycles. The van der Waals surface area contributed by atoms with Gasteiger partial charge in [0.15, 0.2) is 5.96 Å². The van der Waals surface area contributed by atoms with Crippen molar-refractivity contribution in [3.8, 4) is 0 Å². The Morgan fingerprint density at radius 2 is 1.87 bits per heavy atom. The molecule has 5 nitrogen and oxygen atoms in total. The fourth-order valence-electron chi connectivity index (χ4n) is 1.64.